The Morgan fingerprint density at radius 3 is 2.75 bits per heavy atom. The monoisotopic (exact) mass is 320 g/mol. The molecule has 3 rings (SSSR count). The van der Waals surface area contributed by atoms with E-state index in [4.69, 9.17) is 0 Å². The fraction of sp³-hybridized carbons (Fsp3) is 0. The summed E-state index contributed by atoms with van der Waals surface area (Å²) in [5.74, 6) is 0.234. The fourth-order valence-electron chi connectivity index (χ4n) is 1.98. The van der Waals surface area contributed by atoms with Gasteiger partial charge in [0.1, 0.15) is 0 Å². The molecule has 8 heteroatoms. The molecule has 0 aliphatic heterocycles. The molecular weight excluding hydrogens is 308 g/mol. The molecular formula is C16H12N6O2. The number of nitro groups is 1. The zero-order valence-corrected chi connectivity index (χ0v) is 12.4. The summed E-state index contributed by atoms with van der Waals surface area (Å²) in [6, 6.07) is 15.7. The van der Waals surface area contributed by atoms with Crippen LogP contribution in [0.25, 0.3) is 11.3 Å². The third-order valence-corrected chi connectivity index (χ3v) is 3.09. The summed E-state index contributed by atoms with van der Waals surface area (Å²) in [5.41, 5.74) is 4.84. The molecule has 0 fully saturated rings. The second kappa shape index (κ2) is 7.05. The van der Waals surface area contributed by atoms with E-state index in [2.05, 4.69) is 25.7 Å². The van der Waals surface area contributed by atoms with Gasteiger partial charge >= 0.3 is 0 Å². The molecule has 0 bridgehead atoms. The van der Waals surface area contributed by atoms with Gasteiger partial charge in [-0.05, 0) is 0 Å². The lowest BCUT2D eigenvalue weighted by molar-refractivity contribution is -0.384. The minimum absolute atomic E-state index is 0.00272. The van der Waals surface area contributed by atoms with Gasteiger partial charge in [-0.25, -0.2) is 10.4 Å². The van der Waals surface area contributed by atoms with Gasteiger partial charge in [-0.15, -0.1) is 5.10 Å². The lowest BCUT2D eigenvalue weighted by atomic mass is 10.2. The molecule has 3 aromatic rings. The zero-order valence-electron chi connectivity index (χ0n) is 12.4. The standard InChI is InChI=1S/C16H12N6O2/c23-22(24)14-8-4-5-12(9-14)10-17-20-16-19-15(11-18-21-16)13-6-2-1-3-7-13/h1-11H,(H,19,20,21)/b17-10+. The van der Waals surface area contributed by atoms with Crippen LogP contribution in [0.5, 0.6) is 0 Å². The van der Waals surface area contributed by atoms with Crippen LogP contribution in [0.2, 0.25) is 0 Å². The Hall–Kier alpha value is -3.68. The number of non-ortho nitro benzene ring substituents is 1. The Kier molecular flexibility index (Phi) is 4.47. The molecule has 0 aliphatic carbocycles. The van der Waals surface area contributed by atoms with E-state index in [1.165, 1.54) is 18.3 Å². The highest BCUT2D eigenvalue weighted by molar-refractivity contribution is 5.81. The molecule has 1 heterocycles. The normalized spacial score (nSPS) is 10.7. The van der Waals surface area contributed by atoms with E-state index in [9.17, 15) is 10.1 Å². The van der Waals surface area contributed by atoms with E-state index >= 15 is 0 Å². The van der Waals surface area contributed by atoms with Crippen molar-refractivity contribution in [2.45, 2.75) is 0 Å². The predicted molar refractivity (Wildman–Crippen MR) is 89.6 cm³/mol. The lowest BCUT2D eigenvalue weighted by Gasteiger charge is -2.01. The molecule has 0 radical (unpaired) electrons. The SMILES string of the molecule is O=[N+]([O-])c1cccc(/C=N/Nc2nncc(-c3ccccc3)n2)c1. The third kappa shape index (κ3) is 3.74. The molecule has 0 saturated carbocycles. The van der Waals surface area contributed by atoms with Crippen molar-refractivity contribution in [2.24, 2.45) is 5.10 Å². The summed E-state index contributed by atoms with van der Waals surface area (Å²) < 4.78 is 0. The van der Waals surface area contributed by atoms with Crippen LogP contribution in [0.15, 0.2) is 65.9 Å². The Bertz CT molecular complexity index is 883. The van der Waals surface area contributed by atoms with Gasteiger partial charge in [0.15, 0.2) is 0 Å². The number of hydrazone groups is 1. The van der Waals surface area contributed by atoms with Crippen molar-refractivity contribution in [2.75, 3.05) is 5.43 Å². The highest BCUT2D eigenvalue weighted by Gasteiger charge is 2.04. The average molecular weight is 320 g/mol. The minimum Gasteiger partial charge on any atom is -0.258 e. The van der Waals surface area contributed by atoms with Crippen molar-refractivity contribution in [3.63, 3.8) is 0 Å². The molecule has 0 amide bonds. The molecule has 0 saturated heterocycles. The van der Waals surface area contributed by atoms with E-state index in [0.717, 1.165) is 5.56 Å². The summed E-state index contributed by atoms with van der Waals surface area (Å²) in [6.45, 7) is 0. The van der Waals surface area contributed by atoms with Crippen LogP contribution in [-0.2, 0) is 0 Å². The molecule has 0 unspecified atom stereocenters. The molecule has 0 atom stereocenters. The predicted octanol–water partition coefficient (Wildman–Crippen LogP) is 2.89. The topological polar surface area (TPSA) is 106 Å². The average Bonchev–Trinajstić information content (AvgIpc) is 2.63. The van der Waals surface area contributed by atoms with Crippen molar-refractivity contribution >= 4 is 17.9 Å². The lowest BCUT2D eigenvalue weighted by Crippen LogP contribution is -2.00. The van der Waals surface area contributed by atoms with E-state index < -0.39 is 4.92 Å². The number of benzene rings is 2. The van der Waals surface area contributed by atoms with Crippen molar-refractivity contribution in [1.82, 2.24) is 15.2 Å². The summed E-state index contributed by atoms with van der Waals surface area (Å²) in [5, 5.41) is 22.5. The highest BCUT2D eigenvalue weighted by Crippen LogP contribution is 2.15. The second-order valence-corrected chi connectivity index (χ2v) is 4.75. The van der Waals surface area contributed by atoms with Crippen LogP contribution in [0.4, 0.5) is 11.6 Å². The maximum absolute atomic E-state index is 10.7. The number of anilines is 1. The van der Waals surface area contributed by atoms with Gasteiger partial charge in [-0.2, -0.15) is 10.2 Å². The molecule has 1 N–H and O–H groups in total. The molecule has 0 spiro atoms. The maximum atomic E-state index is 10.7. The van der Waals surface area contributed by atoms with Crippen molar-refractivity contribution in [1.29, 1.82) is 0 Å². The zero-order chi connectivity index (χ0) is 16.8. The molecule has 8 nitrogen and oxygen atoms in total. The number of nitro benzene ring substituents is 1. The van der Waals surface area contributed by atoms with Crippen molar-refractivity contribution in [3.8, 4) is 11.3 Å². The quantitative estimate of drug-likeness (QED) is 0.440. The number of aromatic nitrogens is 3. The number of nitrogens with zero attached hydrogens (tertiary/aromatic N) is 5. The number of rotatable bonds is 5. The minimum atomic E-state index is -0.457. The first-order valence-electron chi connectivity index (χ1n) is 7.01. The van der Waals surface area contributed by atoms with E-state index in [1.807, 2.05) is 30.3 Å². The highest BCUT2D eigenvalue weighted by atomic mass is 16.6. The van der Waals surface area contributed by atoms with Crippen LogP contribution >= 0.6 is 0 Å². The van der Waals surface area contributed by atoms with Crippen LogP contribution in [0.3, 0.4) is 0 Å². The molecule has 1 aromatic heterocycles. The Morgan fingerprint density at radius 1 is 1.12 bits per heavy atom. The molecule has 24 heavy (non-hydrogen) atoms. The number of hydrogen-bond acceptors (Lipinski definition) is 7. The first kappa shape index (κ1) is 15.2. The van der Waals surface area contributed by atoms with E-state index in [-0.39, 0.29) is 11.6 Å². The Morgan fingerprint density at radius 2 is 1.96 bits per heavy atom. The van der Waals surface area contributed by atoms with Gasteiger partial charge in [0, 0.05) is 23.3 Å². The second-order valence-electron chi connectivity index (χ2n) is 4.75. The third-order valence-electron chi connectivity index (χ3n) is 3.09. The van der Waals surface area contributed by atoms with Crippen LogP contribution in [0, 0.1) is 10.1 Å². The summed E-state index contributed by atoms with van der Waals surface area (Å²) in [4.78, 5) is 14.6. The van der Waals surface area contributed by atoms with Gasteiger partial charge in [-0.1, -0.05) is 42.5 Å². The van der Waals surface area contributed by atoms with Crippen LogP contribution < -0.4 is 5.43 Å². The molecule has 118 valence electrons. The van der Waals surface area contributed by atoms with Crippen molar-refractivity contribution < 1.29 is 4.92 Å². The van der Waals surface area contributed by atoms with Gasteiger partial charge in [0.05, 0.1) is 23.0 Å². The van der Waals surface area contributed by atoms with Gasteiger partial charge in [-0.3, -0.25) is 10.1 Å². The fourth-order valence-corrected chi connectivity index (χ4v) is 1.98. The van der Waals surface area contributed by atoms with E-state index in [0.29, 0.717) is 11.3 Å². The maximum Gasteiger partial charge on any atom is 0.270 e. The Balaban J connectivity index is 1.73. The van der Waals surface area contributed by atoms with Gasteiger partial charge < -0.3 is 0 Å². The number of nitrogens with one attached hydrogen (secondary N) is 1. The summed E-state index contributed by atoms with van der Waals surface area (Å²) in [7, 11) is 0. The first-order chi connectivity index (χ1) is 11.7. The molecule has 0 aliphatic rings. The number of hydrogen-bond donors (Lipinski definition) is 1. The summed E-state index contributed by atoms with van der Waals surface area (Å²) >= 11 is 0. The van der Waals surface area contributed by atoms with Gasteiger partial charge in [0.25, 0.3) is 11.6 Å². The Labute approximate surface area is 137 Å². The largest absolute Gasteiger partial charge is 0.270 e. The van der Waals surface area contributed by atoms with Crippen LogP contribution in [-0.4, -0.2) is 26.3 Å². The smallest absolute Gasteiger partial charge is 0.258 e. The van der Waals surface area contributed by atoms with E-state index in [1.54, 1.807) is 18.3 Å². The summed E-state index contributed by atoms with van der Waals surface area (Å²) in [6.07, 6.45) is 3.01. The molecule has 2 aromatic carbocycles. The van der Waals surface area contributed by atoms with Crippen LogP contribution in [0.1, 0.15) is 5.56 Å². The first-order valence-corrected chi connectivity index (χ1v) is 7.01. The van der Waals surface area contributed by atoms with Crippen molar-refractivity contribution in [3.05, 3.63) is 76.5 Å². The van der Waals surface area contributed by atoms with Gasteiger partial charge in [0.2, 0.25) is 0 Å².